The Bertz CT molecular complexity index is 333. The monoisotopic (exact) mass is 290 g/mol. The lowest BCUT2D eigenvalue weighted by molar-refractivity contribution is 0.0531. The van der Waals surface area contributed by atoms with E-state index in [1.807, 2.05) is 13.0 Å². The molecule has 1 rings (SSSR count). The van der Waals surface area contributed by atoms with E-state index >= 15 is 0 Å². The number of unbranched alkanes of at least 4 members (excludes halogenated alkanes) is 1. The Kier molecular flexibility index (Phi) is 5.32. The predicted molar refractivity (Wildman–Crippen MR) is 66.6 cm³/mol. The van der Waals surface area contributed by atoms with Crippen LogP contribution >= 0.6 is 27.3 Å². The lowest BCUT2D eigenvalue weighted by Gasteiger charge is -2.02. The largest absolute Gasteiger partial charge is 0.462 e. The molecule has 0 amide bonds. The topological polar surface area (TPSA) is 26.3 Å². The summed E-state index contributed by atoms with van der Waals surface area (Å²) in [5.74, 6) is -0.195. The zero-order valence-corrected chi connectivity index (χ0v) is 11.4. The number of thiophene rings is 1. The standard InChI is InChI=1S/C11H15BrO2S/c1-3-5-6-8-7-9(12)15-10(8)11(13)14-4-2/h7H,3-6H2,1-2H3. The molecule has 15 heavy (non-hydrogen) atoms. The highest BCUT2D eigenvalue weighted by Gasteiger charge is 2.15. The molecule has 0 spiro atoms. The number of carbonyl (C=O) groups excluding carboxylic acids is 1. The molecule has 0 saturated heterocycles. The highest BCUT2D eigenvalue weighted by atomic mass is 79.9. The Morgan fingerprint density at radius 2 is 2.27 bits per heavy atom. The van der Waals surface area contributed by atoms with Crippen molar-refractivity contribution >= 4 is 33.2 Å². The molecule has 2 nitrogen and oxygen atoms in total. The maximum atomic E-state index is 11.6. The van der Waals surface area contributed by atoms with Gasteiger partial charge in [-0.15, -0.1) is 11.3 Å². The van der Waals surface area contributed by atoms with Gasteiger partial charge in [0.05, 0.1) is 10.4 Å². The molecular weight excluding hydrogens is 276 g/mol. The Morgan fingerprint density at radius 1 is 1.53 bits per heavy atom. The molecule has 0 fully saturated rings. The number of carbonyl (C=O) groups is 1. The van der Waals surface area contributed by atoms with Crippen LogP contribution in [-0.2, 0) is 11.2 Å². The van der Waals surface area contributed by atoms with Gasteiger partial charge in [-0.3, -0.25) is 0 Å². The van der Waals surface area contributed by atoms with Gasteiger partial charge in [0.15, 0.2) is 0 Å². The number of aryl methyl sites for hydroxylation is 1. The minimum Gasteiger partial charge on any atom is -0.462 e. The smallest absolute Gasteiger partial charge is 0.348 e. The average Bonchev–Trinajstić information content (AvgIpc) is 2.57. The summed E-state index contributed by atoms with van der Waals surface area (Å²) >= 11 is 4.86. The van der Waals surface area contributed by atoms with Gasteiger partial charge in [0, 0.05) is 0 Å². The van der Waals surface area contributed by atoms with Crippen molar-refractivity contribution in [3.8, 4) is 0 Å². The van der Waals surface area contributed by atoms with E-state index < -0.39 is 0 Å². The number of rotatable bonds is 5. The number of ether oxygens (including phenoxy) is 1. The third-order valence-electron chi connectivity index (χ3n) is 2.04. The van der Waals surface area contributed by atoms with Crippen molar-refractivity contribution in [1.29, 1.82) is 0 Å². The third-order valence-corrected chi connectivity index (χ3v) is 3.70. The summed E-state index contributed by atoms with van der Waals surface area (Å²) < 4.78 is 6.01. The van der Waals surface area contributed by atoms with Crippen LogP contribution in [0.5, 0.6) is 0 Å². The van der Waals surface area contributed by atoms with E-state index in [1.165, 1.54) is 11.3 Å². The molecule has 1 aromatic heterocycles. The normalized spacial score (nSPS) is 10.3. The lowest BCUT2D eigenvalue weighted by atomic mass is 10.1. The van der Waals surface area contributed by atoms with Crippen LogP contribution in [-0.4, -0.2) is 12.6 Å². The van der Waals surface area contributed by atoms with Gasteiger partial charge in [0.2, 0.25) is 0 Å². The first-order valence-corrected chi connectivity index (χ1v) is 6.75. The van der Waals surface area contributed by atoms with Crippen molar-refractivity contribution < 1.29 is 9.53 Å². The molecule has 1 aromatic rings. The molecule has 1 heterocycles. The molecule has 0 N–H and O–H groups in total. The van der Waals surface area contributed by atoms with Crippen LogP contribution < -0.4 is 0 Å². The number of hydrogen-bond donors (Lipinski definition) is 0. The van der Waals surface area contributed by atoms with Crippen LogP contribution in [0.3, 0.4) is 0 Å². The van der Waals surface area contributed by atoms with Gasteiger partial charge in [0.1, 0.15) is 4.88 Å². The quantitative estimate of drug-likeness (QED) is 0.766. The van der Waals surface area contributed by atoms with Crippen molar-refractivity contribution in [1.82, 2.24) is 0 Å². The van der Waals surface area contributed by atoms with Gasteiger partial charge >= 0.3 is 5.97 Å². The third kappa shape index (κ3) is 3.61. The Hall–Kier alpha value is -0.350. The van der Waals surface area contributed by atoms with Crippen molar-refractivity contribution in [3.05, 3.63) is 20.3 Å². The van der Waals surface area contributed by atoms with Crippen molar-refractivity contribution in [2.75, 3.05) is 6.61 Å². The zero-order valence-electron chi connectivity index (χ0n) is 9.01. The second kappa shape index (κ2) is 6.28. The van der Waals surface area contributed by atoms with Crippen molar-refractivity contribution in [2.24, 2.45) is 0 Å². The summed E-state index contributed by atoms with van der Waals surface area (Å²) in [6, 6.07) is 2.02. The minimum atomic E-state index is -0.195. The predicted octanol–water partition coefficient (Wildman–Crippen LogP) is 4.03. The highest BCUT2D eigenvalue weighted by molar-refractivity contribution is 9.11. The molecular formula is C11H15BrO2S. The lowest BCUT2D eigenvalue weighted by Crippen LogP contribution is -2.04. The van der Waals surface area contributed by atoms with Gasteiger partial charge in [-0.2, -0.15) is 0 Å². The molecule has 0 aliphatic heterocycles. The van der Waals surface area contributed by atoms with Crippen LogP contribution in [0.15, 0.2) is 9.85 Å². The van der Waals surface area contributed by atoms with Gasteiger partial charge < -0.3 is 4.74 Å². The first-order chi connectivity index (χ1) is 7.19. The Morgan fingerprint density at radius 3 is 2.87 bits per heavy atom. The summed E-state index contributed by atoms with van der Waals surface area (Å²) in [6.07, 6.45) is 3.19. The molecule has 0 aliphatic rings. The second-order valence-electron chi connectivity index (χ2n) is 3.23. The van der Waals surface area contributed by atoms with Crippen LogP contribution in [0.4, 0.5) is 0 Å². The SMILES string of the molecule is CCCCc1cc(Br)sc1C(=O)OCC. The van der Waals surface area contributed by atoms with Gasteiger partial charge in [-0.05, 0) is 47.3 Å². The van der Waals surface area contributed by atoms with E-state index in [2.05, 4.69) is 22.9 Å². The molecule has 0 radical (unpaired) electrons. The molecule has 0 atom stereocenters. The first kappa shape index (κ1) is 12.7. The maximum absolute atomic E-state index is 11.6. The molecule has 0 aromatic carbocycles. The van der Waals surface area contributed by atoms with Crippen LogP contribution in [0.1, 0.15) is 41.9 Å². The number of halogens is 1. The van der Waals surface area contributed by atoms with Gasteiger partial charge in [-0.1, -0.05) is 13.3 Å². The van der Waals surface area contributed by atoms with Crippen molar-refractivity contribution in [3.63, 3.8) is 0 Å². The summed E-state index contributed by atoms with van der Waals surface area (Å²) in [4.78, 5) is 12.4. The highest BCUT2D eigenvalue weighted by Crippen LogP contribution is 2.29. The second-order valence-corrected chi connectivity index (χ2v) is 5.66. The van der Waals surface area contributed by atoms with Crippen LogP contribution in [0.2, 0.25) is 0 Å². The minimum absolute atomic E-state index is 0.195. The fraction of sp³-hybridized carbons (Fsp3) is 0.545. The summed E-state index contributed by atoms with van der Waals surface area (Å²) in [5, 5.41) is 0. The van der Waals surface area contributed by atoms with E-state index in [1.54, 1.807) is 0 Å². The summed E-state index contributed by atoms with van der Waals surface area (Å²) in [6.45, 7) is 4.40. The molecule has 0 aliphatic carbocycles. The Labute approximate surface area is 103 Å². The van der Waals surface area contributed by atoms with Crippen LogP contribution in [0, 0.1) is 0 Å². The fourth-order valence-electron chi connectivity index (χ4n) is 1.32. The van der Waals surface area contributed by atoms with E-state index in [4.69, 9.17) is 4.74 Å². The summed E-state index contributed by atoms with van der Waals surface area (Å²) in [7, 11) is 0. The fourth-order valence-corrected chi connectivity index (χ4v) is 2.91. The van der Waals surface area contributed by atoms with Gasteiger partial charge in [-0.25, -0.2) is 4.79 Å². The summed E-state index contributed by atoms with van der Waals surface area (Å²) in [5.41, 5.74) is 1.10. The van der Waals surface area contributed by atoms with E-state index in [-0.39, 0.29) is 5.97 Å². The number of hydrogen-bond acceptors (Lipinski definition) is 3. The maximum Gasteiger partial charge on any atom is 0.348 e. The van der Waals surface area contributed by atoms with E-state index in [0.717, 1.165) is 33.5 Å². The van der Waals surface area contributed by atoms with Gasteiger partial charge in [0.25, 0.3) is 0 Å². The van der Waals surface area contributed by atoms with Crippen molar-refractivity contribution in [2.45, 2.75) is 33.1 Å². The molecule has 4 heteroatoms. The first-order valence-electron chi connectivity index (χ1n) is 5.14. The van der Waals surface area contributed by atoms with Crippen LogP contribution in [0.25, 0.3) is 0 Å². The van der Waals surface area contributed by atoms with E-state index in [0.29, 0.717) is 6.61 Å². The zero-order chi connectivity index (χ0) is 11.3. The van der Waals surface area contributed by atoms with E-state index in [9.17, 15) is 4.79 Å². The molecule has 0 saturated carbocycles. The molecule has 0 bridgehead atoms. The average molecular weight is 291 g/mol. The molecule has 84 valence electrons. The molecule has 0 unspecified atom stereocenters. The Balaban J connectivity index is 2.80. The number of esters is 1.